The molecule has 1 amide bonds. The van der Waals surface area contributed by atoms with Gasteiger partial charge < -0.3 is 9.73 Å². The minimum absolute atomic E-state index is 0.180. The Balaban J connectivity index is 1.73. The van der Waals surface area contributed by atoms with Gasteiger partial charge in [-0.1, -0.05) is 29.5 Å². The number of rotatable bonds is 5. The predicted octanol–water partition coefficient (Wildman–Crippen LogP) is 5.92. The first-order valence-corrected chi connectivity index (χ1v) is 10.1. The second kappa shape index (κ2) is 8.22. The second-order valence-electron chi connectivity index (χ2n) is 5.83. The van der Waals surface area contributed by atoms with E-state index in [2.05, 4.69) is 16.4 Å². The number of nitriles is 1. The average molecular weight is 421 g/mol. The number of nitrogens with one attached hydrogen (secondary N) is 1. The molecule has 3 aromatic heterocycles. The quantitative estimate of drug-likeness (QED) is 0.406. The summed E-state index contributed by atoms with van der Waals surface area (Å²) in [6, 6.07) is 14.9. The van der Waals surface area contributed by atoms with Gasteiger partial charge in [-0.2, -0.15) is 5.26 Å². The van der Waals surface area contributed by atoms with Crippen LogP contribution in [0.15, 0.2) is 64.6 Å². The molecule has 4 aromatic rings. The Kier molecular flexibility index (Phi) is 5.33. The van der Waals surface area contributed by atoms with Crippen LogP contribution in [0.5, 0.6) is 0 Å². The lowest BCUT2D eigenvalue weighted by Gasteiger charge is -2.01. The second-order valence-corrected chi connectivity index (χ2v) is 7.77. The lowest BCUT2D eigenvalue weighted by Crippen LogP contribution is -2.10. The third-order valence-corrected chi connectivity index (χ3v) is 5.77. The number of aromatic nitrogens is 1. The Morgan fingerprint density at radius 3 is 2.69 bits per heavy atom. The Morgan fingerprint density at radius 2 is 2.03 bits per heavy atom. The van der Waals surface area contributed by atoms with E-state index in [1.54, 1.807) is 30.3 Å². The van der Waals surface area contributed by atoms with Gasteiger partial charge in [0.2, 0.25) is 0 Å². The van der Waals surface area contributed by atoms with Crippen LogP contribution in [0.3, 0.4) is 0 Å². The Labute approximate surface area is 173 Å². The summed E-state index contributed by atoms with van der Waals surface area (Å²) in [5.41, 5.74) is 1.58. The zero-order valence-corrected chi connectivity index (χ0v) is 16.4. The summed E-state index contributed by atoms with van der Waals surface area (Å²) < 4.78 is 18.3. The van der Waals surface area contributed by atoms with Gasteiger partial charge in [0, 0.05) is 0 Å². The van der Waals surface area contributed by atoms with E-state index in [1.165, 1.54) is 41.1 Å². The molecule has 0 unspecified atom stereocenters. The third-order valence-electron chi connectivity index (χ3n) is 3.89. The monoisotopic (exact) mass is 421 g/mol. The molecule has 0 radical (unpaired) electrons. The Hall–Kier alpha value is -3.54. The van der Waals surface area contributed by atoms with Gasteiger partial charge in [0.05, 0.1) is 16.7 Å². The van der Waals surface area contributed by atoms with Gasteiger partial charge in [-0.05, 0) is 47.4 Å². The van der Waals surface area contributed by atoms with Crippen LogP contribution in [0.4, 0.5) is 9.39 Å². The lowest BCUT2D eigenvalue weighted by molar-refractivity contribution is 0.0997. The molecule has 0 aliphatic heterocycles. The van der Waals surface area contributed by atoms with Gasteiger partial charge in [-0.25, -0.2) is 9.37 Å². The standard InChI is InChI=1S/C21H12FN3O2S2/c22-15-7-5-13(6-8-15)11-14(12-23)20-24-18(17-4-2-10-28-17)21(29-20)25-19(26)16-3-1-9-27-16/h1-11H,(H,25,26)/b14-11-. The van der Waals surface area contributed by atoms with Gasteiger partial charge in [-0.3, -0.25) is 4.79 Å². The summed E-state index contributed by atoms with van der Waals surface area (Å²) in [7, 11) is 0. The summed E-state index contributed by atoms with van der Waals surface area (Å²) in [5, 5.41) is 15.3. The van der Waals surface area contributed by atoms with E-state index in [4.69, 9.17) is 4.42 Å². The Bertz CT molecular complexity index is 1200. The first-order valence-electron chi connectivity index (χ1n) is 8.41. The van der Waals surface area contributed by atoms with Crippen molar-refractivity contribution in [2.45, 2.75) is 0 Å². The average Bonchev–Trinajstić information content (AvgIpc) is 3.48. The predicted molar refractivity (Wildman–Crippen MR) is 112 cm³/mol. The van der Waals surface area contributed by atoms with E-state index in [1.807, 2.05) is 17.5 Å². The minimum atomic E-state index is -0.399. The highest BCUT2D eigenvalue weighted by atomic mass is 32.1. The van der Waals surface area contributed by atoms with Crippen molar-refractivity contribution in [2.24, 2.45) is 0 Å². The Morgan fingerprint density at radius 1 is 1.21 bits per heavy atom. The normalized spacial score (nSPS) is 11.2. The maximum Gasteiger partial charge on any atom is 0.292 e. The number of hydrogen-bond acceptors (Lipinski definition) is 6. The maximum atomic E-state index is 13.1. The summed E-state index contributed by atoms with van der Waals surface area (Å²) in [5.74, 6) is -0.568. The zero-order chi connectivity index (χ0) is 20.2. The number of furan rings is 1. The number of allylic oxidation sites excluding steroid dienone is 1. The van der Waals surface area contributed by atoms with Crippen LogP contribution in [0.2, 0.25) is 0 Å². The fraction of sp³-hybridized carbons (Fsp3) is 0. The molecule has 142 valence electrons. The highest BCUT2D eigenvalue weighted by molar-refractivity contribution is 7.19. The van der Waals surface area contributed by atoms with Crippen LogP contribution in [-0.4, -0.2) is 10.9 Å². The van der Waals surface area contributed by atoms with Crippen LogP contribution in [0, 0.1) is 17.1 Å². The maximum absolute atomic E-state index is 13.1. The van der Waals surface area contributed by atoms with Gasteiger partial charge in [0.25, 0.3) is 5.91 Å². The number of nitrogens with zero attached hydrogens (tertiary/aromatic N) is 2. The fourth-order valence-electron chi connectivity index (χ4n) is 2.54. The molecule has 0 spiro atoms. The number of carbonyl (C=O) groups is 1. The molecular weight excluding hydrogens is 409 g/mol. The van der Waals surface area contributed by atoms with Crippen LogP contribution in [-0.2, 0) is 0 Å². The van der Waals surface area contributed by atoms with Gasteiger partial charge >= 0.3 is 0 Å². The lowest BCUT2D eigenvalue weighted by atomic mass is 10.1. The summed E-state index contributed by atoms with van der Waals surface area (Å²) >= 11 is 2.67. The fourth-order valence-corrected chi connectivity index (χ4v) is 4.27. The highest BCUT2D eigenvalue weighted by Crippen LogP contribution is 2.38. The molecule has 5 nitrogen and oxygen atoms in total. The van der Waals surface area contributed by atoms with Crippen molar-refractivity contribution in [2.75, 3.05) is 5.32 Å². The largest absolute Gasteiger partial charge is 0.459 e. The van der Waals surface area contributed by atoms with Crippen molar-refractivity contribution in [1.29, 1.82) is 5.26 Å². The highest BCUT2D eigenvalue weighted by Gasteiger charge is 2.20. The number of hydrogen-bond donors (Lipinski definition) is 1. The number of thiophene rings is 1. The van der Waals surface area contributed by atoms with Crippen molar-refractivity contribution in [1.82, 2.24) is 4.98 Å². The van der Waals surface area contributed by atoms with E-state index in [-0.39, 0.29) is 11.6 Å². The third kappa shape index (κ3) is 4.16. The molecule has 1 aromatic carbocycles. The van der Waals surface area contributed by atoms with Gasteiger partial charge in [-0.15, -0.1) is 11.3 Å². The molecule has 3 heterocycles. The topological polar surface area (TPSA) is 78.9 Å². The van der Waals surface area contributed by atoms with Crippen LogP contribution >= 0.6 is 22.7 Å². The van der Waals surface area contributed by atoms with E-state index in [0.29, 0.717) is 26.8 Å². The molecule has 0 fully saturated rings. The summed E-state index contributed by atoms with van der Waals surface area (Å²) in [4.78, 5) is 17.9. The molecule has 0 saturated carbocycles. The molecular formula is C21H12FN3O2S2. The van der Waals surface area contributed by atoms with Crippen LogP contribution in [0.25, 0.3) is 22.2 Å². The van der Waals surface area contributed by atoms with Crippen molar-refractivity contribution < 1.29 is 13.6 Å². The van der Waals surface area contributed by atoms with E-state index in [9.17, 15) is 14.4 Å². The van der Waals surface area contributed by atoms with Crippen molar-refractivity contribution in [3.63, 3.8) is 0 Å². The number of anilines is 1. The smallest absolute Gasteiger partial charge is 0.292 e. The molecule has 8 heteroatoms. The summed E-state index contributed by atoms with van der Waals surface area (Å²) in [6.45, 7) is 0. The number of thiazole rings is 1. The molecule has 29 heavy (non-hydrogen) atoms. The van der Waals surface area contributed by atoms with Crippen LogP contribution in [0.1, 0.15) is 21.1 Å². The van der Waals surface area contributed by atoms with E-state index >= 15 is 0 Å². The van der Waals surface area contributed by atoms with Gasteiger partial charge in [0.1, 0.15) is 27.6 Å². The van der Waals surface area contributed by atoms with Crippen molar-refractivity contribution in [3.05, 3.63) is 82.3 Å². The zero-order valence-electron chi connectivity index (χ0n) is 14.8. The van der Waals surface area contributed by atoms with Crippen LogP contribution < -0.4 is 5.32 Å². The minimum Gasteiger partial charge on any atom is -0.459 e. The van der Waals surface area contributed by atoms with E-state index in [0.717, 1.165) is 4.88 Å². The molecule has 1 N–H and O–H groups in total. The molecule has 4 rings (SSSR count). The molecule has 0 aliphatic rings. The number of halogens is 1. The first kappa shape index (κ1) is 18.8. The number of carbonyl (C=O) groups excluding carboxylic acids is 1. The first-order chi connectivity index (χ1) is 14.1. The van der Waals surface area contributed by atoms with Crippen molar-refractivity contribution in [3.8, 4) is 16.6 Å². The summed E-state index contributed by atoms with van der Waals surface area (Å²) in [6.07, 6.45) is 3.06. The molecule has 0 saturated heterocycles. The molecule has 0 aliphatic carbocycles. The molecule has 0 atom stereocenters. The van der Waals surface area contributed by atoms with Gasteiger partial charge in [0.15, 0.2) is 5.76 Å². The SMILES string of the molecule is N#C/C(=C/c1ccc(F)cc1)c1nc(-c2cccs2)c(NC(=O)c2ccco2)s1. The number of benzene rings is 1. The molecule has 0 bridgehead atoms. The number of amides is 1. The van der Waals surface area contributed by atoms with E-state index < -0.39 is 5.91 Å². The van der Waals surface area contributed by atoms with Crippen molar-refractivity contribution >= 4 is 45.2 Å².